The van der Waals surface area contributed by atoms with Crippen LogP contribution in [0.15, 0.2) is 55.0 Å². The van der Waals surface area contributed by atoms with Gasteiger partial charge >= 0.3 is 6.61 Å². The standard InChI is InChI=1S/C24H20F3N5O4S/c1-24(6-7-37(34,35)13-24)30-22(33)19-9-20-18(12-29-19)21(14-8-17(11-28-10-14)36-23(26)27)31-32(20)16-4-2-15(25)3-5-16/h2-5,8-12,23H,6-7,13H2,1H3,(H,30,33)/t24-/m0/s1. The number of halogens is 3. The van der Waals surface area contributed by atoms with E-state index in [0.29, 0.717) is 27.8 Å². The molecule has 1 N–H and O–H groups in total. The summed E-state index contributed by atoms with van der Waals surface area (Å²) in [5, 5.41) is 7.81. The van der Waals surface area contributed by atoms with Crippen LogP contribution in [-0.2, 0) is 9.84 Å². The summed E-state index contributed by atoms with van der Waals surface area (Å²) >= 11 is 0. The molecule has 1 fully saturated rings. The molecular weight excluding hydrogens is 511 g/mol. The van der Waals surface area contributed by atoms with Crippen molar-refractivity contribution in [2.45, 2.75) is 25.5 Å². The number of carbonyl (C=O) groups is 1. The van der Waals surface area contributed by atoms with Gasteiger partial charge in [0.1, 0.15) is 23.0 Å². The summed E-state index contributed by atoms with van der Waals surface area (Å²) in [4.78, 5) is 21.2. The van der Waals surface area contributed by atoms with Gasteiger partial charge in [-0.15, -0.1) is 0 Å². The Bertz CT molecular complexity index is 1610. The molecule has 37 heavy (non-hydrogen) atoms. The minimum Gasteiger partial charge on any atom is -0.433 e. The zero-order chi connectivity index (χ0) is 26.4. The second-order valence-electron chi connectivity index (χ2n) is 8.97. The van der Waals surface area contributed by atoms with Crippen molar-refractivity contribution in [2.75, 3.05) is 11.5 Å². The molecule has 0 saturated carbocycles. The van der Waals surface area contributed by atoms with Crippen LogP contribution >= 0.6 is 0 Å². The molecule has 0 radical (unpaired) electrons. The zero-order valence-electron chi connectivity index (χ0n) is 19.4. The minimum atomic E-state index is -3.24. The van der Waals surface area contributed by atoms with E-state index in [9.17, 15) is 26.4 Å². The van der Waals surface area contributed by atoms with Crippen molar-refractivity contribution in [3.63, 3.8) is 0 Å². The van der Waals surface area contributed by atoms with E-state index >= 15 is 0 Å². The van der Waals surface area contributed by atoms with Crippen molar-refractivity contribution >= 4 is 26.6 Å². The number of alkyl halides is 2. The van der Waals surface area contributed by atoms with E-state index in [1.807, 2.05) is 0 Å². The first-order valence-electron chi connectivity index (χ1n) is 11.1. The first kappa shape index (κ1) is 24.7. The van der Waals surface area contributed by atoms with E-state index in [1.54, 1.807) is 6.92 Å². The second kappa shape index (κ2) is 9.14. The predicted octanol–water partition coefficient (Wildman–Crippen LogP) is 3.53. The first-order chi connectivity index (χ1) is 17.5. The molecule has 0 aliphatic carbocycles. The quantitative estimate of drug-likeness (QED) is 0.405. The van der Waals surface area contributed by atoms with Crippen LogP contribution in [0.1, 0.15) is 23.8 Å². The van der Waals surface area contributed by atoms with E-state index < -0.39 is 33.7 Å². The maximum atomic E-state index is 13.6. The summed E-state index contributed by atoms with van der Waals surface area (Å²) in [6.07, 6.45) is 4.24. The minimum absolute atomic E-state index is 0.0146. The number of benzene rings is 1. The lowest BCUT2D eigenvalue weighted by molar-refractivity contribution is -0.0500. The van der Waals surface area contributed by atoms with Gasteiger partial charge in [0.2, 0.25) is 0 Å². The van der Waals surface area contributed by atoms with Crippen LogP contribution in [0, 0.1) is 5.82 Å². The van der Waals surface area contributed by atoms with E-state index in [4.69, 9.17) is 0 Å². The van der Waals surface area contributed by atoms with Crippen molar-refractivity contribution < 1.29 is 31.1 Å². The number of nitrogens with one attached hydrogen (secondary N) is 1. The topological polar surface area (TPSA) is 116 Å². The molecule has 0 bridgehead atoms. The molecule has 4 aromatic rings. The van der Waals surface area contributed by atoms with Gasteiger partial charge in [0.15, 0.2) is 9.84 Å². The van der Waals surface area contributed by atoms with Crippen LogP contribution in [-0.4, -0.2) is 57.7 Å². The highest BCUT2D eigenvalue weighted by Gasteiger charge is 2.39. The van der Waals surface area contributed by atoms with Gasteiger partial charge in [0.05, 0.1) is 34.4 Å². The molecule has 4 heterocycles. The Balaban J connectivity index is 1.59. The maximum absolute atomic E-state index is 13.6. The monoisotopic (exact) mass is 531 g/mol. The summed E-state index contributed by atoms with van der Waals surface area (Å²) in [7, 11) is -3.24. The average Bonchev–Trinajstić information content (AvgIpc) is 3.35. The Morgan fingerprint density at radius 1 is 1.16 bits per heavy atom. The van der Waals surface area contributed by atoms with E-state index in [-0.39, 0.29) is 29.4 Å². The lowest BCUT2D eigenvalue weighted by Crippen LogP contribution is -2.47. The van der Waals surface area contributed by atoms with Gasteiger partial charge in [-0.05, 0) is 49.7 Å². The molecule has 13 heteroatoms. The third kappa shape index (κ3) is 5.12. The smallest absolute Gasteiger partial charge is 0.387 e. The second-order valence-corrected chi connectivity index (χ2v) is 11.2. The highest BCUT2D eigenvalue weighted by atomic mass is 32.2. The predicted molar refractivity (Wildman–Crippen MR) is 128 cm³/mol. The lowest BCUT2D eigenvalue weighted by atomic mass is 10.0. The number of fused-ring (bicyclic) bond motifs is 1. The number of hydrogen-bond acceptors (Lipinski definition) is 7. The Morgan fingerprint density at radius 3 is 2.59 bits per heavy atom. The van der Waals surface area contributed by atoms with Gasteiger partial charge < -0.3 is 10.1 Å². The number of rotatable bonds is 6. The molecule has 9 nitrogen and oxygen atoms in total. The van der Waals surface area contributed by atoms with Crippen LogP contribution in [0.3, 0.4) is 0 Å². The van der Waals surface area contributed by atoms with Crippen LogP contribution in [0.5, 0.6) is 5.75 Å². The van der Waals surface area contributed by atoms with Gasteiger partial charge in [-0.25, -0.2) is 17.5 Å². The van der Waals surface area contributed by atoms with E-state index in [2.05, 4.69) is 25.1 Å². The number of nitrogens with zero attached hydrogens (tertiary/aromatic N) is 4. The summed E-state index contributed by atoms with van der Waals surface area (Å²) in [5.74, 6) is -1.37. The highest BCUT2D eigenvalue weighted by Crippen LogP contribution is 2.32. The number of amides is 1. The van der Waals surface area contributed by atoms with E-state index in [1.165, 1.54) is 53.5 Å². The summed E-state index contributed by atoms with van der Waals surface area (Å²) in [6, 6.07) is 8.30. The Morgan fingerprint density at radius 2 is 1.92 bits per heavy atom. The van der Waals surface area contributed by atoms with Crippen LogP contribution in [0.4, 0.5) is 13.2 Å². The summed E-state index contributed by atoms with van der Waals surface area (Å²) < 4.78 is 68.8. The van der Waals surface area contributed by atoms with Crippen LogP contribution < -0.4 is 10.1 Å². The number of carbonyl (C=O) groups excluding carboxylic acids is 1. The number of hydrogen-bond donors (Lipinski definition) is 1. The number of aromatic nitrogens is 4. The molecule has 1 amide bonds. The summed E-state index contributed by atoms with van der Waals surface area (Å²) in [5.41, 5.74) is 0.654. The third-order valence-electron chi connectivity index (χ3n) is 6.00. The van der Waals surface area contributed by atoms with Gasteiger partial charge in [0, 0.05) is 23.3 Å². The maximum Gasteiger partial charge on any atom is 0.387 e. The zero-order valence-corrected chi connectivity index (χ0v) is 20.2. The Kier molecular flexibility index (Phi) is 6.10. The molecule has 1 aliphatic heterocycles. The fourth-order valence-electron chi connectivity index (χ4n) is 4.29. The fraction of sp³-hybridized carbons (Fsp3) is 0.250. The van der Waals surface area contributed by atoms with Crippen LogP contribution in [0.2, 0.25) is 0 Å². The molecule has 1 saturated heterocycles. The van der Waals surface area contributed by atoms with Gasteiger partial charge in [0.25, 0.3) is 5.91 Å². The molecule has 5 rings (SSSR count). The molecule has 192 valence electrons. The number of sulfone groups is 1. The Labute approximate surface area is 209 Å². The summed E-state index contributed by atoms with van der Waals surface area (Å²) in [6.45, 7) is -1.37. The fourth-order valence-corrected chi connectivity index (χ4v) is 6.38. The average molecular weight is 532 g/mol. The van der Waals surface area contributed by atoms with Crippen LogP contribution in [0.25, 0.3) is 27.8 Å². The molecular formula is C24H20F3N5O4S. The van der Waals surface area contributed by atoms with Gasteiger partial charge in [-0.2, -0.15) is 13.9 Å². The Hall–Kier alpha value is -4.00. The van der Waals surface area contributed by atoms with Crippen molar-refractivity contribution in [3.8, 4) is 22.7 Å². The van der Waals surface area contributed by atoms with Crippen molar-refractivity contribution in [3.05, 3.63) is 66.5 Å². The lowest BCUT2D eigenvalue weighted by Gasteiger charge is -2.23. The molecule has 1 atom stereocenters. The first-order valence-corrected chi connectivity index (χ1v) is 12.9. The van der Waals surface area contributed by atoms with E-state index in [0.717, 1.165) is 6.20 Å². The molecule has 0 unspecified atom stereocenters. The largest absolute Gasteiger partial charge is 0.433 e. The molecule has 1 aromatic carbocycles. The number of ether oxygens (including phenoxy) is 1. The third-order valence-corrected chi connectivity index (χ3v) is 7.90. The molecule has 3 aromatic heterocycles. The molecule has 0 spiro atoms. The number of pyridine rings is 2. The highest BCUT2D eigenvalue weighted by molar-refractivity contribution is 7.91. The normalized spacial score (nSPS) is 18.8. The van der Waals surface area contributed by atoms with Crippen molar-refractivity contribution in [1.82, 2.24) is 25.1 Å². The SMILES string of the molecule is C[C@]1(NC(=O)c2cc3c(cn2)c(-c2cncc(OC(F)F)c2)nn3-c2ccc(F)cc2)CCS(=O)(=O)C1. The van der Waals surface area contributed by atoms with Crippen molar-refractivity contribution in [2.24, 2.45) is 0 Å². The van der Waals surface area contributed by atoms with Gasteiger partial charge in [-0.3, -0.25) is 14.8 Å². The van der Waals surface area contributed by atoms with Gasteiger partial charge in [-0.1, -0.05) is 0 Å². The molecule has 1 aliphatic rings. The van der Waals surface area contributed by atoms with Crippen molar-refractivity contribution in [1.29, 1.82) is 0 Å².